The highest BCUT2D eigenvalue weighted by Gasteiger charge is 2.30. The Kier molecular flexibility index (Phi) is 73.7. The van der Waals surface area contributed by atoms with E-state index in [0.717, 1.165) is 114 Å². The molecule has 0 aromatic heterocycles. The fourth-order valence-corrected chi connectivity index (χ4v) is 14.7. The second-order valence-corrected chi connectivity index (χ2v) is 34.4. The number of phosphoric acid groups is 2. The maximum absolute atomic E-state index is 13.1. The van der Waals surface area contributed by atoms with E-state index in [2.05, 4.69) is 48.5 Å². The van der Waals surface area contributed by atoms with Crippen molar-refractivity contribution < 1.29 is 80.2 Å². The van der Waals surface area contributed by atoms with Gasteiger partial charge in [-0.25, -0.2) is 9.13 Å². The Morgan fingerprint density at radius 3 is 0.731 bits per heavy atom. The van der Waals surface area contributed by atoms with E-state index in [-0.39, 0.29) is 25.7 Å². The molecule has 0 saturated heterocycles. The van der Waals surface area contributed by atoms with E-state index in [9.17, 15) is 43.2 Å². The Morgan fingerprint density at radius 2 is 0.490 bits per heavy atom. The average Bonchev–Trinajstić information content (AvgIpc) is 0.903. The van der Waals surface area contributed by atoms with Crippen molar-refractivity contribution in [3.8, 4) is 0 Å². The van der Waals surface area contributed by atoms with Crippen molar-refractivity contribution in [3.05, 3.63) is 0 Å². The zero-order valence-corrected chi connectivity index (χ0v) is 70.3. The largest absolute Gasteiger partial charge is 0.472 e. The molecule has 3 N–H and O–H groups in total. The van der Waals surface area contributed by atoms with Gasteiger partial charge in [0.15, 0.2) is 12.2 Å². The second kappa shape index (κ2) is 75.1. The first-order chi connectivity index (χ1) is 50.3. The third-order valence-corrected chi connectivity index (χ3v) is 22.5. The second-order valence-electron chi connectivity index (χ2n) is 31.5. The maximum atomic E-state index is 13.1. The number of aliphatic hydroxyl groups is 1. The molecule has 0 heterocycles. The number of hydrogen-bond acceptors (Lipinski definition) is 15. The number of carbonyl (C=O) groups excluding carboxylic acids is 4. The number of phosphoric ester groups is 2. The van der Waals surface area contributed by atoms with E-state index in [1.165, 1.54) is 250 Å². The van der Waals surface area contributed by atoms with Crippen LogP contribution in [0.3, 0.4) is 0 Å². The number of carbonyl (C=O) groups is 4. The molecule has 0 aromatic rings. The molecule has 104 heavy (non-hydrogen) atoms. The lowest BCUT2D eigenvalue weighted by atomic mass is 9.99. The van der Waals surface area contributed by atoms with Crippen LogP contribution in [0, 0.1) is 17.8 Å². The SMILES string of the molecule is CCCCCCCCCCC(=O)OC[C@H](COP(=O)(O)OC[C@H](O)COP(=O)(O)OC[C@@H](COC(=O)CCCCCCCCCCCCCCCCCCCCC(C)CC)OC(=O)CCCCCCCCCCCCCCCCCCCCC(C)CC)OC(=O)CCCCCCCCCCCC(C)C. The molecular weight excluding hydrogens is 1350 g/mol. The highest BCUT2D eigenvalue weighted by Crippen LogP contribution is 2.45. The molecule has 0 bridgehead atoms. The van der Waals surface area contributed by atoms with Gasteiger partial charge in [-0.05, 0) is 43.4 Å². The highest BCUT2D eigenvalue weighted by molar-refractivity contribution is 7.47. The summed E-state index contributed by atoms with van der Waals surface area (Å²) in [5.74, 6) is 0.371. The van der Waals surface area contributed by atoms with Crippen LogP contribution in [0.25, 0.3) is 0 Å². The minimum atomic E-state index is -4.96. The topological polar surface area (TPSA) is 237 Å². The number of rotatable bonds is 83. The fourth-order valence-electron chi connectivity index (χ4n) is 13.1. The van der Waals surface area contributed by atoms with Crippen molar-refractivity contribution in [1.82, 2.24) is 0 Å². The van der Waals surface area contributed by atoms with Crippen LogP contribution in [-0.4, -0.2) is 96.7 Å². The van der Waals surface area contributed by atoms with E-state index < -0.39 is 97.5 Å². The standard InChI is InChI=1S/C85H166O17P2/c1-8-11-12-13-14-45-52-59-66-82(87)95-72-80(102-85(90)69-62-55-48-41-35-36-42-49-56-63-76(4)5)74-99-103(91,92)97-70-79(86)71-98-104(93,94)100-75-81(101-84(89)68-61-54-47-40-34-30-26-22-18-16-20-24-28-32-38-44-51-58-65-78(7)10-3)73-96-83(88)67-60-53-46-39-33-29-25-21-17-15-19-23-27-31-37-43-50-57-64-77(6)9-2/h76-81,86H,8-75H2,1-7H3,(H,91,92)(H,93,94)/t77?,78?,79-,80+,81+/m0/s1. The summed E-state index contributed by atoms with van der Waals surface area (Å²) >= 11 is 0. The highest BCUT2D eigenvalue weighted by atomic mass is 31.2. The van der Waals surface area contributed by atoms with Gasteiger partial charge < -0.3 is 33.8 Å². The number of unbranched alkanes of at least 4 members (excludes halogenated alkanes) is 49. The minimum Gasteiger partial charge on any atom is -0.462 e. The van der Waals surface area contributed by atoms with Crippen molar-refractivity contribution in [1.29, 1.82) is 0 Å². The lowest BCUT2D eigenvalue weighted by molar-refractivity contribution is -0.161. The normalized spacial score (nSPS) is 14.4. The van der Waals surface area contributed by atoms with E-state index in [4.69, 9.17) is 37.0 Å². The van der Waals surface area contributed by atoms with Crippen LogP contribution in [0.15, 0.2) is 0 Å². The molecule has 0 aliphatic rings. The summed E-state index contributed by atoms with van der Waals surface area (Å²) < 4.78 is 68.7. The first kappa shape index (κ1) is 102. The van der Waals surface area contributed by atoms with E-state index in [0.29, 0.717) is 25.7 Å². The zero-order chi connectivity index (χ0) is 76.5. The summed E-state index contributed by atoms with van der Waals surface area (Å²) in [6.45, 7) is 12.0. The van der Waals surface area contributed by atoms with Gasteiger partial charge in [-0.3, -0.25) is 37.3 Å². The molecule has 19 heteroatoms. The van der Waals surface area contributed by atoms with Gasteiger partial charge in [-0.1, -0.05) is 395 Å². The van der Waals surface area contributed by atoms with E-state index in [1.807, 2.05) is 0 Å². The van der Waals surface area contributed by atoms with E-state index >= 15 is 0 Å². The monoisotopic (exact) mass is 1520 g/mol. The Balaban J connectivity index is 5.16. The van der Waals surface area contributed by atoms with Crippen LogP contribution in [-0.2, 0) is 65.4 Å². The number of esters is 4. The van der Waals surface area contributed by atoms with Gasteiger partial charge in [-0.15, -0.1) is 0 Å². The molecule has 0 rings (SSSR count). The van der Waals surface area contributed by atoms with E-state index in [1.54, 1.807) is 0 Å². The summed E-state index contributed by atoms with van der Waals surface area (Å²) in [6, 6.07) is 0. The molecule has 0 spiro atoms. The molecule has 0 aliphatic carbocycles. The summed E-state index contributed by atoms with van der Waals surface area (Å²) in [7, 11) is -9.92. The predicted molar refractivity (Wildman–Crippen MR) is 428 cm³/mol. The lowest BCUT2D eigenvalue weighted by Gasteiger charge is -2.21. The van der Waals surface area contributed by atoms with Gasteiger partial charge in [0, 0.05) is 25.7 Å². The Morgan fingerprint density at radius 1 is 0.279 bits per heavy atom. The summed E-state index contributed by atoms with van der Waals surface area (Å²) in [6.07, 6.45) is 65.4. The first-order valence-corrected chi connectivity index (χ1v) is 46.9. The van der Waals surface area contributed by atoms with Crippen molar-refractivity contribution in [2.75, 3.05) is 39.6 Å². The van der Waals surface area contributed by atoms with Gasteiger partial charge in [-0.2, -0.15) is 0 Å². The van der Waals surface area contributed by atoms with Gasteiger partial charge in [0.1, 0.15) is 19.3 Å². The molecular formula is C85H166O17P2. The van der Waals surface area contributed by atoms with Crippen molar-refractivity contribution in [3.63, 3.8) is 0 Å². The summed E-state index contributed by atoms with van der Waals surface area (Å²) in [4.78, 5) is 73.0. The molecule has 17 nitrogen and oxygen atoms in total. The Bertz CT molecular complexity index is 2010. The van der Waals surface area contributed by atoms with Crippen molar-refractivity contribution >= 4 is 39.5 Å². The molecule has 0 amide bonds. The average molecular weight is 1520 g/mol. The van der Waals surface area contributed by atoms with Crippen LogP contribution in [0.5, 0.6) is 0 Å². The Hall–Kier alpha value is -1.94. The van der Waals surface area contributed by atoms with Crippen molar-refractivity contribution in [2.45, 2.75) is 465 Å². The van der Waals surface area contributed by atoms with Gasteiger partial charge in [0.25, 0.3) is 0 Å². The zero-order valence-electron chi connectivity index (χ0n) is 68.5. The molecule has 0 fully saturated rings. The number of ether oxygens (including phenoxy) is 4. The fraction of sp³-hybridized carbons (Fsp3) is 0.953. The molecule has 0 aliphatic heterocycles. The third-order valence-electron chi connectivity index (χ3n) is 20.6. The van der Waals surface area contributed by atoms with Gasteiger partial charge >= 0.3 is 39.5 Å². The van der Waals surface area contributed by atoms with Crippen LogP contribution in [0.2, 0.25) is 0 Å². The number of aliphatic hydroxyl groups excluding tert-OH is 1. The molecule has 4 unspecified atom stereocenters. The molecule has 0 radical (unpaired) electrons. The predicted octanol–water partition coefficient (Wildman–Crippen LogP) is 25.7. The van der Waals surface area contributed by atoms with Crippen LogP contribution < -0.4 is 0 Å². The minimum absolute atomic E-state index is 0.105. The molecule has 0 aromatic carbocycles. The van der Waals surface area contributed by atoms with Crippen LogP contribution in [0.1, 0.15) is 447 Å². The van der Waals surface area contributed by atoms with Crippen LogP contribution >= 0.6 is 15.6 Å². The number of hydrogen-bond donors (Lipinski definition) is 3. The van der Waals surface area contributed by atoms with Gasteiger partial charge in [0.05, 0.1) is 26.4 Å². The maximum Gasteiger partial charge on any atom is 0.472 e. The van der Waals surface area contributed by atoms with Gasteiger partial charge in [0.2, 0.25) is 0 Å². The Labute approximate surface area is 638 Å². The molecule has 618 valence electrons. The lowest BCUT2D eigenvalue weighted by Crippen LogP contribution is -2.30. The molecule has 0 saturated carbocycles. The quantitative estimate of drug-likeness (QED) is 0.0222. The smallest absolute Gasteiger partial charge is 0.462 e. The molecule has 7 atom stereocenters. The summed E-state index contributed by atoms with van der Waals surface area (Å²) in [5, 5.41) is 10.6. The first-order valence-electron chi connectivity index (χ1n) is 43.9. The van der Waals surface area contributed by atoms with Crippen molar-refractivity contribution in [2.24, 2.45) is 17.8 Å². The van der Waals surface area contributed by atoms with Crippen LogP contribution in [0.4, 0.5) is 0 Å². The third kappa shape index (κ3) is 75.5. The summed E-state index contributed by atoms with van der Waals surface area (Å²) in [5.41, 5.74) is 0.